The van der Waals surface area contributed by atoms with E-state index >= 15 is 0 Å². The molecule has 2 rings (SSSR count). The maximum absolute atomic E-state index is 11.2. The molecule has 108 valence electrons. The zero-order valence-electron chi connectivity index (χ0n) is 11.5. The molecule has 1 aliphatic rings. The highest BCUT2D eigenvalue weighted by Gasteiger charge is 2.38. The highest BCUT2D eigenvalue weighted by molar-refractivity contribution is 5.75. The van der Waals surface area contributed by atoms with Crippen LogP contribution in [0.15, 0.2) is 12.3 Å². The molecule has 1 saturated heterocycles. The minimum Gasteiger partial charge on any atom is -0.481 e. The summed E-state index contributed by atoms with van der Waals surface area (Å²) < 4.78 is 0. The van der Waals surface area contributed by atoms with Gasteiger partial charge in [0.15, 0.2) is 0 Å². The summed E-state index contributed by atoms with van der Waals surface area (Å²) in [6, 6.07) is 1.60. The van der Waals surface area contributed by atoms with E-state index in [9.17, 15) is 20.0 Å². The fraction of sp³-hybridized carbons (Fsp3) is 0.538. The lowest BCUT2D eigenvalue weighted by Gasteiger charge is -2.36. The molecule has 0 atom stereocenters. The molecule has 1 aliphatic heterocycles. The van der Waals surface area contributed by atoms with Crippen molar-refractivity contribution in [2.75, 3.05) is 18.0 Å². The molecule has 7 nitrogen and oxygen atoms in total. The number of aromatic nitrogens is 1. The summed E-state index contributed by atoms with van der Waals surface area (Å²) in [6.07, 6.45) is 2.45. The van der Waals surface area contributed by atoms with Crippen LogP contribution in [0.2, 0.25) is 0 Å². The number of aryl methyl sites for hydroxylation is 1. The van der Waals surface area contributed by atoms with Gasteiger partial charge in [0.05, 0.1) is 10.3 Å². The second-order valence-corrected chi connectivity index (χ2v) is 5.41. The van der Waals surface area contributed by atoms with Gasteiger partial charge in [-0.2, -0.15) is 0 Å². The number of anilines is 1. The Hall–Kier alpha value is -2.18. The summed E-state index contributed by atoms with van der Waals surface area (Å²) in [5.41, 5.74) is -0.187. The Morgan fingerprint density at radius 2 is 2.10 bits per heavy atom. The number of carboxylic acid groups (broad SMARTS) is 1. The third kappa shape index (κ3) is 2.43. The molecule has 0 aromatic carbocycles. The topological polar surface area (TPSA) is 96.6 Å². The summed E-state index contributed by atoms with van der Waals surface area (Å²) in [6.45, 7) is 4.31. The number of nitro groups is 1. The minimum atomic E-state index is -0.816. The van der Waals surface area contributed by atoms with Crippen LogP contribution >= 0.6 is 0 Å². The molecule has 1 fully saturated rings. The lowest BCUT2D eigenvalue weighted by molar-refractivity contribution is -0.384. The zero-order valence-corrected chi connectivity index (χ0v) is 11.5. The Morgan fingerprint density at radius 1 is 1.50 bits per heavy atom. The van der Waals surface area contributed by atoms with Gasteiger partial charge in [-0.1, -0.05) is 0 Å². The number of nitrogens with zero attached hydrogens (tertiary/aromatic N) is 3. The van der Waals surface area contributed by atoms with Crippen molar-refractivity contribution in [1.29, 1.82) is 0 Å². The largest absolute Gasteiger partial charge is 0.481 e. The Kier molecular flexibility index (Phi) is 3.61. The molecule has 1 N–H and O–H groups in total. The van der Waals surface area contributed by atoms with E-state index in [2.05, 4.69) is 4.98 Å². The van der Waals surface area contributed by atoms with E-state index in [1.807, 2.05) is 0 Å². The summed E-state index contributed by atoms with van der Waals surface area (Å²) in [7, 11) is 0. The van der Waals surface area contributed by atoms with E-state index in [0.29, 0.717) is 37.3 Å². The molecule has 1 aromatic rings. The van der Waals surface area contributed by atoms with Crippen LogP contribution in [-0.2, 0) is 4.79 Å². The van der Waals surface area contributed by atoms with Gasteiger partial charge in [0.25, 0.3) is 0 Å². The number of piperidine rings is 1. The normalized spacial score (nSPS) is 17.8. The van der Waals surface area contributed by atoms with Crippen molar-refractivity contribution in [2.24, 2.45) is 5.41 Å². The van der Waals surface area contributed by atoms with Gasteiger partial charge < -0.3 is 10.0 Å². The van der Waals surface area contributed by atoms with Gasteiger partial charge in [-0.15, -0.1) is 0 Å². The van der Waals surface area contributed by atoms with Crippen LogP contribution in [0.25, 0.3) is 0 Å². The monoisotopic (exact) mass is 279 g/mol. The van der Waals surface area contributed by atoms with E-state index in [4.69, 9.17) is 0 Å². The van der Waals surface area contributed by atoms with Crippen molar-refractivity contribution < 1.29 is 14.8 Å². The number of rotatable bonds is 3. The van der Waals surface area contributed by atoms with Crippen LogP contribution in [0.1, 0.15) is 25.3 Å². The molecule has 1 aromatic heterocycles. The van der Waals surface area contributed by atoms with E-state index in [-0.39, 0.29) is 5.69 Å². The van der Waals surface area contributed by atoms with Crippen molar-refractivity contribution in [1.82, 2.24) is 4.98 Å². The number of carbonyl (C=O) groups is 1. The molecule has 0 aliphatic carbocycles. The lowest BCUT2D eigenvalue weighted by atomic mass is 9.80. The predicted octanol–water partition coefficient (Wildman–Crippen LogP) is 1.99. The van der Waals surface area contributed by atoms with Crippen molar-refractivity contribution >= 4 is 17.5 Å². The first-order valence-corrected chi connectivity index (χ1v) is 6.43. The number of pyridine rings is 1. The summed E-state index contributed by atoms with van der Waals surface area (Å²) in [5.74, 6) is -0.480. The first kappa shape index (κ1) is 14.2. The molecular weight excluding hydrogens is 262 g/mol. The third-order valence-electron chi connectivity index (χ3n) is 3.97. The van der Waals surface area contributed by atoms with Crippen LogP contribution in [0.3, 0.4) is 0 Å². The Bertz CT molecular complexity index is 551. The maximum atomic E-state index is 11.2. The van der Waals surface area contributed by atoms with E-state index in [1.165, 1.54) is 0 Å². The first-order chi connectivity index (χ1) is 9.35. The van der Waals surface area contributed by atoms with Crippen molar-refractivity contribution in [2.45, 2.75) is 26.7 Å². The average molecular weight is 279 g/mol. The lowest BCUT2D eigenvalue weighted by Crippen LogP contribution is -2.43. The molecule has 0 spiro atoms. The Balaban J connectivity index is 2.26. The van der Waals surface area contributed by atoms with Gasteiger partial charge in [-0.25, -0.2) is 4.98 Å². The van der Waals surface area contributed by atoms with Crippen LogP contribution in [0, 0.1) is 22.5 Å². The minimum absolute atomic E-state index is 0.00595. The highest BCUT2D eigenvalue weighted by Crippen LogP contribution is 2.36. The van der Waals surface area contributed by atoms with Gasteiger partial charge in [-0.3, -0.25) is 14.9 Å². The first-order valence-electron chi connectivity index (χ1n) is 6.43. The van der Waals surface area contributed by atoms with Gasteiger partial charge >= 0.3 is 11.7 Å². The van der Waals surface area contributed by atoms with Gasteiger partial charge in [0.1, 0.15) is 0 Å². The van der Waals surface area contributed by atoms with Crippen LogP contribution in [-0.4, -0.2) is 34.1 Å². The average Bonchev–Trinajstić information content (AvgIpc) is 2.38. The van der Waals surface area contributed by atoms with Crippen molar-refractivity contribution in [3.8, 4) is 0 Å². The standard InChI is InChI=1S/C13H17N3O4/c1-9-3-6-14-11(10(9)16(19)20)15-7-4-13(2,5-8-15)12(17)18/h3,6H,4-5,7-8H2,1-2H3,(H,17,18). The molecule has 0 unspecified atom stereocenters. The SMILES string of the molecule is Cc1ccnc(N2CCC(C)(C(=O)O)CC2)c1[N+](=O)[O-]. The van der Waals surface area contributed by atoms with Gasteiger partial charge in [-0.05, 0) is 32.8 Å². The van der Waals surface area contributed by atoms with Crippen molar-refractivity contribution in [3.63, 3.8) is 0 Å². The van der Waals surface area contributed by atoms with E-state index in [1.54, 1.807) is 31.0 Å². The fourth-order valence-electron chi connectivity index (χ4n) is 2.42. The van der Waals surface area contributed by atoms with E-state index < -0.39 is 16.3 Å². The summed E-state index contributed by atoms with van der Waals surface area (Å²) in [5, 5.41) is 20.4. The molecule has 0 saturated carbocycles. The van der Waals surface area contributed by atoms with Gasteiger partial charge in [0.2, 0.25) is 5.82 Å². The van der Waals surface area contributed by atoms with Crippen LogP contribution in [0.5, 0.6) is 0 Å². The summed E-state index contributed by atoms with van der Waals surface area (Å²) in [4.78, 5) is 27.9. The quantitative estimate of drug-likeness (QED) is 0.671. The molecule has 20 heavy (non-hydrogen) atoms. The number of hydrogen-bond acceptors (Lipinski definition) is 5. The molecule has 0 bridgehead atoms. The molecular formula is C13H17N3O4. The third-order valence-corrected chi connectivity index (χ3v) is 3.97. The maximum Gasteiger partial charge on any atom is 0.314 e. The summed E-state index contributed by atoms with van der Waals surface area (Å²) >= 11 is 0. The smallest absolute Gasteiger partial charge is 0.314 e. The van der Waals surface area contributed by atoms with Crippen molar-refractivity contribution in [3.05, 3.63) is 27.9 Å². The zero-order chi connectivity index (χ0) is 14.9. The molecule has 2 heterocycles. The van der Waals surface area contributed by atoms with Gasteiger partial charge in [0, 0.05) is 24.8 Å². The predicted molar refractivity (Wildman–Crippen MR) is 72.8 cm³/mol. The number of aliphatic carboxylic acids is 1. The molecule has 0 radical (unpaired) electrons. The van der Waals surface area contributed by atoms with Crippen LogP contribution < -0.4 is 4.90 Å². The number of hydrogen-bond donors (Lipinski definition) is 1. The molecule has 0 amide bonds. The number of carboxylic acids is 1. The van der Waals surface area contributed by atoms with E-state index in [0.717, 1.165) is 0 Å². The highest BCUT2D eigenvalue weighted by atomic mass is 16.6. The molecule has 7 heteroatoms. The second-order valence-electron chi connectivity index (χ2n) is 5.41. The Morgan fingerprint density at radius 3 is 2.60 bits per heavy atom. The van der Waals surface area contributed by atoms with Crippen LogP contribution in [0.4, 0.5) is 11.5 Å². The fourth-order valence-corrected chi connectivity index (χ4v) is 2.42. The second kappa shape index (κ2) is 5.07. The Labute approximate surface area is 116 Å².